The van der Waals surface area contributed by atoms with Gasteiger partial charge in [0.15, 0.2) is 6.61 Å². The van der Waals surface area contributed by atoms with Crippen molar-refractivity contribution >= 4 is 11.8 Å². The van der Waals surface area contributed by atoms with Crippen LogP contribution in [0.15, 0.2) is 24.3 Å². The first kappa shape index (κ1) is 15.4. The summed E-state index contributed by atoms with van der Waals surface area (Å²) in [4.78, 5) is 27.2. The Bertz CT molecular complexity index is 491. The first-order chi connectivity index (χ1) is 10.1. The third-order valence-corrected chi connectivity index (χ3v) is 3.67. The number of aryl methyl sites for hydroxylation is 1. The standard InChI is InChI=1S/C16H22N2O3/c1-3-15(19)17-8-10-18(11-9-17)16(20)12-21-14-6-4-13(2)5-7-14/h4-7H,3,8-12H2,1-2H3. The van der Waals surface area contributed by atoms with E-state index in [1.165, 1.54) is 0 Å². The Morgan fingerprint density at radius 1 is 1.00 bits per heavy atom. The molecule has 1 aliphatic heterocycles. The molecule has 0 unspecified atom stereocenters. The van der Waals surface area contributed by atoms with Crippen LogP contribution in [0.25, 0.3) is 0 Å². The Morgan fingerprint density at radius 3 is 2.05 bits per heavy atom. The van der Waals surface area contributed by atoms with E-state index >= 15 is 0 Å². The summed E-state index contributed by atoms with van der Waals surface area (Å²) >= 11 is 0. The zero-order chi connectivity index (χ0) is 15.2. The van der Waals surface area contributed by atoms with Gasteiger partial charge in [0.05, 0.1) is 0 Å². The van der Waals surface area contributed by atoms with E-state index < -0.39 is 0 Å². The largest absolute Gasteiger partial charge is 0.484 e. The maximum Gasteiger partial charge on any atom is 0.260 e. The second-order valence-corrected chi connectivity index (χ2v) is 5.22. The molecule has 0 saturated carbocycles. The summed E-state index contributed by atoms with van der Waals surface area (Å²) in [7, 11) is 0. The van der Waals surface area contributed by atoms with Gasteiger partial charge < -0.3 is 14.5 Å². The van der Waals surface area contributed by atoms with Crippen molar-refractivity contribution in [3.05, 3.63) is 29.8 Å². The van der Waals surface area contributed by atoms with Crippen molar-refractivity contribution in [2.75, 3.05) is 32.8 Å². The average molecular weight is 290 g/mol. The second kappa shape index (κ2) is 7.11. The summed E-state index contributed by atoms with van der Waals surface area (Å²) in [5, 5.41) is 0. The van der Waals surface area contributed by atoms with E-state index in [9.17, 15) is 9.59 Å². The molecular weight excluding hydrogens is 268 g/mol. The molecule has 2 amide bonds. The van der Waals surface area contributed by atoms with Gasteiger partial charge in [0.25, 0.3) is 5.91 Å². The Hall–Kier alpha value is -2.04. The molecule has 21 heavy (non-hydrogen) atoms. The van der Waals surface area contributed by atoms with Crippen LogP contribution in [0.2, 0.25) is 0 Å². The number of ether oxygens (including phenoxy) is 1. The van der Waals surface area contributed by atoms with Gasteiger partial charge in [-0.25, -0.2) is 0 Å². The lowest BCUT2D eigenvalue weighted by atomic mass is 10.2. The minimum absolute atomic E-state index is 0.0285. The molecule has 1 aliphatic rings. The minimum atomic E-state index is -0.0285. The van der Waals surface area contributed by atoms with E-state index in [-0.39, 0.29) is 18.4 Å². The van der Waals surface area contributed by atoms with Crippen molar-refractivity contribution in [3.63, 3.8) is 0 Å². The van der Waals surface area contributed by atoms with Gasteiger partial charge in [-0.15, -0.1) is 0 Å². The molecule has 1 aromatic carbocycles. The highest BCUT2D eigenvalue weighted by molar-refractivity contribution is 5.79. The lowest BCUT2D eigenvalue weighted by Crippen LogP contribution is -2.51. The summed E-state index contributed by atoms with van der Waals surface area (Å²) < 4.78 is 5.50. The van der Waals surface area contributed by atoms with Crippen LogP contribution in [0.3, 0.4) is 0 Å². The monoisotopic (exact) mass is 290 g/mol. The predicted molar refractivity (Wildman–Crippen MR) is 80.1 cm³/mol. The zero-order valence-corrected chi connectivity index (χ0v) is 12.7. The van der Waals surface area contributed by atoms with Gasteiger partial charge in [-0.2, -0.15) is 0 Å². The van der Waals surface area contributed by atoms with Gasteiger partial charge in [0.2, 0.25) is 5.91 Å². The molecule has 1 saturated heterocycles. The number of carbonyl (C=O) groups excluding carboxylic acids is 2. The molecule has 5 heteroatoms. The number of hydrogen-bond acceptors (Lipinski definition) is 3. The van der Waals surface area contributed by atoms with E-state index in [4.69, 9.17) is 4.74 Å². The third kappa shape index (κ3) is 4.21. The number of nitrogens with zero attached hydrogens (tertiary/aromatic N) is 2. The Balaban J connectivity index is 1.77. The number of rotatable bonds is 4. The van der Waals surface area contributed by atoms with Crippen molar-refractivity contribution < 1.29 is 14.3 Å². The van der Waals surface area contributed by atoms with Crippen molar-refractivity contribution in [3.8, 4) is 5.75 Å². The van der Waals surface area contributed by atoms with E-state index in [1.54, 1.807) is 4.90 Å². The molecule has 0 spiro atoms. The molecule has 0 radical (unpaired) electrons. The SMILES string of the molecule is CCC(=O)N1CCN(C(=O)COc2ccc(C)cc2)CC1. The van der Waals surface area contributed by atoms with Gasteiger partial charge in [0, 0.05) is 32.6 Å². The fraction of sp³-hybridized carbons (Fsp3) is 0.500. The van der Waals surface area contributed by atoms with Crippen molar-refractivity contribution in [2.24, 2.45) is 0 Å². The summed E-state index contributed by atoms with van der Waals surface area (Å²) in [6.07, 6.45) is 0.518. The summed E-state index contributed by atoms with van der Waals surface area (Å²) in [6, 6.07) is 7.63. The fourth-order valence-electron chi connectivity index (χ4n) is 2.30. The highest BCUT2D eigenvalue weighted by atomic mass is 16.5. The van der Waals surface area contributed by atoms with Crippen LogP contribution < -0.4 is 4.74 Å². The maximum absolute atomic E-state index is 12.1. The van der Waals surface area contributed by atoms with Crippen LogP contribution in [0.4, 0.5) is 0 Å². The number of piperazine rings is 1. The van der Waals surface area contributed by atoms with Gasteiger partial charge in [-0.3, -0.25) is 9.59 Å². The number of carbonyl (C=O) groups is 2. The van der Waals surface area contributed by atoms with Crippen LogP contribution in [0.5, 0.6) is 5.75 Å². The number of benzene rings is 1. The van der Waals surface area contributed by atoms with E-state index in [1.807, 2.05) is 43.0 Å². The van der Waals surface area contributed by atoms with E-state index in [0.29, 0.717) is 38.3 Å². The minimum Gasteiger partial charge on any atom is -0.484 e. The highest BCUT2D eigenvalue weighted by Crippen LogP contribution is 2.12. The molecule has 0 aromatic heterocycles. The molecule has 0 atom stereocenters. The van der Waals surface area contributed by atoms with E-state index in [2.05, 4.69) is 0 Å². The first-order valence-corrected chi connectivity index (χ1v) is 7.35. The molecule has 0 N–H and O–H groups in total. The molecule has 114 valence electrons. The molecule has 5 nitrogen and oxygen atoms in total. The number of amides is 2. The first-order valence-electron chi connectivity index (χ1n) is 7.35. The fourth-order valence-corrected chi connectivity index (χ4v) is 2.30. The second-order valence-electron chi connectivity index (χ2n) is 5.22. The van der Waals surface area contributed by atoms with Crippen molar-refractivity contribution in [1.82, 2.24) is 9.80 Å². The average Bonchev–Trinajstić information content (AvgIpc) is 2.53. The normalized spacial score (nSPS) is 15.0. The summed E-state index contributed by atoms with van der Waals surface area (Å²) in [6.45, 7) is 6.31. The lowest BCUT2D eigenvalue weighted by molar-refractivity contribution is -0.140. The molecule has 0 aliphatic carbocycles. The molecule has 0 bridgehead atoms. The predicted octanol–water partition coefficient (Wildman–Crippen LogP) is 1.45. The van der Waals surface area contributed by atoms with Crippen LogP contribution in [-0.4, -0.2) is 54.4 Å². The van der Waals surface area contributed by atoms with Crippen LogP contribution >= 0.6 is 0 Å². The van der Waals surface area contributed by atoms with Crippen LogP contribution in [0.1, 0.15) is 18.9 Å². The lowest BCUT2D eigenvalue weighted by Gasteiger charge is -2.34. The summed E-state index contributed by atoms with van der Waals surface area (Å²) in [5.74, 6) is 0.825. The quantitative estimate of drug-likeness (QED) is 0.843. The van der Waals surface area contributed by atoms with Gasteiger partial charge in [0.1, 0.15) is 5.75 Å². The smallest absolute Gasteiger partial charge is 0.260 e. The van der Waals surface area contributed by atoms with E-state index in [0.717, 1.165) is 5.56 Å². The third-order valence-electron chi connectivity index (χ3n) is 3.67. The van der Waals surface area contributed by atoms with Crippen LogP contribution in [0, 0.1) is 6.92 Å². The molecular formula is C16H22N2O3. The van der Waals surface area contributed by atoms with Crippen molar-refractivity contribution in [2.45, 2.75) is 20.3 Å². The molecule has 1 heterocycles. The molecule has 1 fully saturated rings. The molecule has 2 rings (SSSR count). The molecule has 1 aromatic rings. The van der Waals surface area contributed by atoms with Gasteiger partial charge in [-0.1, -0.05) is 24.6 Å². The highest BCUT2D eigenvalue weighted by Gasteiger charge is 2.23. The Labute approximate surface area is 125 Å². The topological polar surface area (TPSA) is 49.9 Å². The summed E-state index contributed by atoms with van der Waals surface area (Å²) in [5.41, 5.74) is 1.16. The maximum atomic E-state index is 12.1. The Kier molecular flexibility index (Phi) is 5.20. The Morgan fingerprint density at radius 2 is 1.52 bits per heavy atom. The zero-order valence-electron chi connectivity index (χ0n) is 12.7. The number of hydrogen-bond donors (Lipinski definition) is 0. The van der Waals surface area contributed by atoms with Gasteiger partial charge >= 0.3 is 0 Å². The van der Waals surface area contributed by atoms with Crippen molar-refractivity contribution in [1.29, 1.82) is 0 Å². The van der Waals surface area contributed by atoms with Gasteiger partial charge in [-0.05, 0) is 19.1 Å². The van der Waals surface area contributed by atoms with Crippen LogP contribution in [-0.2, 0) is 9.59 Å².